The third kappa shape index (κ3) is 4.99. The number of aromatic nitrogens is 2. The summed E-state index contributed by atoms with van der Waals surface area (Å²) >= 11 is 0. The molecule has 34 heavy (non-hydrogen) atoms. The average Bonchev–Trinajstić information content (AvgIpc) is 3.10. The molecule has 2 amide bonds. The topological polar surface area (TPSA) is 112 Å². The highest BCUT2D eigenvalue weighted by molar-refractivity contribution is 7.16. The molecule has 2 unspecified atom stereocenters. The number of benzene rings is 2. The molecule has 182 valence electrons. The lowest BCUT2D eigenvalue weighted by atomic mass is 10.1. The quantitative estimate of drug-likeness (QED) is 0.226. The summed E-state index contributed by atoms with van der Waals surface area (Å²) in [5.74, 6) is 11.5. The van der Waals surface area contributed by atoms with E-state index in [1.165, 1.54) is 14.2 Å². The van der Waals surface area contributed by atoms with Crippen LogP contribution in [-0.4, -0.2) is 35.0 Å². The van der Waals surface area contributed by atoms with E-state index in [1.54, 1.807) is 29.8 Å². The first-order valence-electron chi connectivity index (χ1n) is 10.5. The van der Waals surface area contributed by atoms with Gasteiger partial charge >= 0.3 is 6.03 Å². The molecule has 4 N–H and O–H groups in total. The SMILES string of the molecule is COc1cccc(N(N)C(=O)N(C)N)c1COc1ccc(-n2nc(C)c(C(F)P)c2C)cc1C. The van der Waals surface area contributed by atoms with E-state index in [9.17, 15) is 9.18 Å². The Hall–Kier alpha value is -3.20. The van der Waals surface area contributed by atoms with Crippen LogP contribution in [0.1, 0.15) is 34.0 Å². The highest BCUT2D eigenvalue weighted by Crippen LogP contribution is 2.33. The van der Waals surface area contributed by atoms with Crippen molar-refractivity contribution in [2.45, 2.75) is 33.3 Å². The molecule has 3 rings (SSSR count). The molecule has 9 nitrogen and oxygen atoms in total. The van der Waals surface area contributed by atoms with E-state index in [-0.39, 0.29) is 6.61 Å². The summed E-state index contributed by atoms with van der Waals surface area (Å²) < 4.78 is 27.2. The Kier molecular flexibility index (Phi) is 7.76. The number of ether oxygens (including phenoxy) is 2. The number of hydrogen-bond donors (Lipinski definition) is 2. The summed E-state index contributed by atoms with van der Waals surface area (Å²) in [6.07, 6.45) is 0. The van der Waals surface area contributed by atoms with E-state index in [0.29, 0.717) is 34.0 Å². The van der Waals surface area contributed by atoms with Gasteiger partial charge in [-0.05, 0) is 56.7 Å². The molecule has 1 heterocycles. The highest BCUT2D eigenvalue weighted by Gasteiger charge is 2.21. The largest absolute Gasteiger partial charge is 0.496 e. The van der Waals surface area contributed by atoms with Crippen molar-refractivity contribution in [3.05, 3.63) is 64.5 Å². The van der Waals surface area contributed by atoms with Crippen LogP contribution in [0.3, 0.4) is 0 Å². The fraction of sp³-hybridized carbons (Fsp3) is 0.304. The van der Waals surface area contributed by atoms with E-state index >= 15 is 0 Å². The molecule has 0 radical (unpaired) electrons. The van der Waals surface area contributed by atoms with Crippen molar-refractivity contribution in [3.63, 3.8) is 0 Å². The van der Waals surface area contributed by atoms with Gasteiger partial charge in [0.25, 0.3) is 0 Å². The van der Waals surface area contributed by atoms with Crippen molar-refractivity contribution >= 4 is 21.0 Å². The van der Waals surface area contributed by atoms with Crippen molar-refractivity contribution in [2.75, 3.05) is 19.2 Å². The molecule has 2 aromatic carbocycles. The number of nitrogens with zero attached hydrogens (tertiary/aromatic N) is 4. The lowest BCUT2D eigenvalue weighted by Crippen LogP contribution is -2.49. The van der Waals surface area contributed by atoms with E-state index in [4.69, 9.17) is 21.2 Å². The van der Waals surface area contributed by atoms with Gasteiger partial charge in [-0.1, -0.05) is 15.3 Å². The monoisotopic (exact) mass is 488 g/mol. The van der Waals surface area contributed by atoms with Crippen molar-refractivity contribution in [3.8, 4) is 17.2 Å². The number of hydrogen-bond acceptors (Lipinski definition) is 6. The molecular weight excluding hydrogens is 458 g/mol. The standard InChI is InChI=1S/C23H30FN6O3P/c1-13-11-16(30-15(3)21(22(24)34)14(2)27-30)9-10-19(13)33-12-17-18(7-6-8-20(17)32-5)29(26)23(31)28(4)25/h6-11,22H,12,25-26,34H2,1-5H3. The lowest BCUT2D eigenvalue weighted by molar-refractivity contribution is 0.216. The van der Waals surface area contributed by atoms with Gasteiger partial charge in [-0.2, -0.15) is 5.10 Å². The van der Waals surface area contributed by atoms with Gasteiger partial charge in [-0.3, -0.25) is 5.01 Å². The number of alkyl halides is 1. The number of carbonyl (C=O) groups is 1. The van der Waals surface area contributed by atoms with Gasteiger partial charge < -0.3 is 9.47 Å². The van der Waals surface area contributed by atoms with Crippen molar-refractivity contribution in [2.24, 2.45) is 11.7 Å². The zero-order chi connectivity index (χ0) is 25.2. The minimum absolute atomic E-state index is 0.0927. The number of amides is 2. The summed E-state index contributed by atoms with van der Waals surface area (Å²) in [5.41, 5.74) is 4.59. The number of hydrazine groups is 2. The summed E-state index contributed by atoms with van der Waals surface area (Å²) in [7, 11) is 5.10. The lowest BCUT2D eigenvalue weighted by Gasteiger charge is -2.24. The number of carbonyl (C=O) groups excluding carboxylic acids is 1. The van der Waals surface area contributed by atoms with Crippen LogP contribution < -0.4 is 26.2 Å². The molecule has 1 aromatic heterocycles. The maximum Gasteiger partial charge on any atom is 0.352 e. The first kappa shape index (κ1) is 25.4. The van der Waals surface area contributed by atoms with Gasteiger partial charge in [-0.25, -0.2) is 30.6 Å². The van der Waals surface area contributed by atoms with Crippen LogP contribution >= 0.6 is 9.24 Å². The predicted octanol–water partition coefficient (Wildman–Crippen LogP) is 3.83. The Bertz CT molecular complexity index is 1200. The zero-order valence-electron chi connectivity index (χ0n) is 19.9. The van der Waals surface area contributed by atoms with Gasteiger partial charge in [0.1, 0.15) is 24.0 Å². The van der Waals surface area contributed by atoms with Gasteiger partial charge in [0.2, 0.25) is 0 Å². The number of urea groups is 1. The number of nitrogens with two attached hydrogens (primary N) is 2. The molecule has 0 saturated heterocycles. The smallest absolute Gasteiger partial charge is 0.352 e. The summed E-state index contributed by atoms with van der Waals surface area (Å²) in [6, 6.07) is 10.2. The minimum Gasteiger partial charge on any atom is -0.496 e. The molecule has 0 aliphatic carbocycles. The predicted molar refractivity (Wildman–Crippen MR) is 133 cm³/mol. The molecule has 2 atom stereocenters. The summed E-state index contributed by atoms with van der Waals surface area (Å²) in [5, 5.41) is 6.33. The maximum absolute atomic E-state index is 14.0. The van der Waals surface area contributed by atoms with Gasteiger partial charge in [0, 0.05) is 18.3 Å². The normalized spacial score (nSPS) is 11.8. The van der Waals surface area contributed by atoms with E-state index in [1.807, 2.05) is 32.0 Å². The Morgan fingerprint density at radius 2 is 1.91 bits per heavy atom. The number of methoxy groups -OCH3 is 1. The second-order valence-corrected chi connectivity index (χ2v) is 8.44. The molecule has 0 bridgehead atoms. The molecular formula is C23H30FN6O3P. The van der Waals surface area contributed by atoms with E-state index in [2.05, 4.69) is 14.3 Å². The van der Waals surface area contributed by atoms with Gasteiger partial charge in [-0.15, -0.1) is 0 Å². The Morgan fingerprint density at radius 3 is 2.47 bits per heavy atom. The Morgan fingerprint density at radius 1 is 1.21 bits per heavy atom. The Labute approximate surface area is 200 Å². The van der Waals surface area contributed by atoms with Crippen LogP contribution in [0.25, 0.3) is 5.69 Å². The van der Waals surface area contributed by atoms with Crippen molar-refractivity contribution in [1.29, 1.82) is 0 Å². The molecule has 0 saturated carbocycles. The number of rotatable bonds is 7. The number of halogens is 1. The van der Waals surface area contributed by atoms with E-state index in [0.717, 1.165) is 27.0 Å². The molecule has 0 aliphatic rings. The molecule has 3 aromatic rings. The fourth-order valence-corrected chi connectivity index (χ4v) is 4.25. The second kappa shape index (κ2) is 10.4. The molecule has 11 heteroatoms. The van der Waals surface area contributed by atoms with Crippen LogP contribution in [0.15, 0.2) is 36.4 Å². The molecule has 0 spiro atoms. The number of aryl methyl sites for hydroxylation is 2. The Balaban J connectivity index is 1.89. The summed E-state index contributed by atoms with van der Waals surface area (Å²) in [6.45, 7) is 5.63. The molecule has 0 fully saturated rings. The average molecular weight is 489 g/mol. The molecule has 0 aliphatic heterocycles. The van der Waals surface area contributed by atoms with Gasteiger partial charge in [0.15, 0.2) is 0 Å². The van der Waals surface area contributed by atoms with Crippen molar-refractivity contribution < 1.29 is 18.7 Å². The van der Waals surface area contributed by atoms with Crippen LogP contribution in [0.2, 0.25) is 0 Å². The summed E-state index contributed by atoms with van der Waals surface area (Å²) in [4.78, 5) is 12.3. The van der Waals surface area contributed by atoms with E-state index < -0.39 is 11.9 Å². The fourth-order valence-electron chi connectivity index (χ4n) is 3.77. The minimum atomic E-state index is -1.18. The van der Waals surface area contributed by atoms with Crippen LogP contribution in [0, 0.1) is 20.8 Å². The van der Waals surface area contributed by atoms with Crippen LogP contribution in [0.4, 0.5) is 14.9 Å². The first-order valence-corrected chi connectivity index (χ1v) is 11.2. The zero-order valence-corrected chi connectivity index (χ0v) is 21.0. The first-order chi connectivity index (χ1) is 16.1. The second-order valence-electron chi connectivity index (χ2n) is 7.86. The van der Waals surface area contributed by atoms with Gasteiger partial charge in [0.05, 0.1) is 29.7 Å². The third-order valence-corrected chi connectivity index (χ3v) is 5.83. The highest BCUT2D eigenvalue weighted by atomic mass is 31.0. The number of anilines is 1. The maximum atomic E-state index is 14.0. The van der Waals surface area contributed by atoms with Crippen LogP contribution in [0.5, 0.6) is 11.5 Å². The third-order valence-electron chi connectivity index (χ3n) is 5.49. The van der Waals surface area contributed by atoms with Crippen molar-refractivity contribution in [1.82, 2.24) is 14.8 Å². The van der Waals surface area contributed by atoms with Crippen LogP contribution in [-0.2, 0) is 6.61 Å².